The van der Waals surface area contributed by atoms with Crippen molar-refractivity contribution < 1.29 is 9.32 Å². The molecule has 0 bridgehead atoms. The quantitative estimate of drug-likeness (QED) is 0.428. The maximum atomic E-state index is 12.1. The molecule has 26 heavy (non-hydrogen) atoms. The van der Waals surface area contributed by atoms with Gasteiger partial charge >= 0.3 is 0 Å². The lowest BCUT2D eigenvalue weighted by Gasteiger charge is -2.04. The molecule has 8 nitrogen and oxygen atoms in total. The zero-order valence-corrected chi connectivity index (χ0v) is 14.6. The molecule has 4 aromatic rings. The number of amides is 1. The predicted molar refractivity (Wildman–Crippen MR) is 97.3 cm³/mol. The summed E-state index contributed by atoms with van der Waals surface area (Å²) in [6.45, 7) is 1.79. The number of para-hydroxylation sites is 1. The largest absolute Gasteiger partial charge is 0.338 e. The fraction of sp³-hybridized carbons (Fsp3) is 0.118. The molecule has 0 aliphatic heterocycles. The van der Waals surface area contributed by atoms with Gasteiger partial charge in [0.1, 0.15) is 11.4 Å². The Labute approximate surface area is 152 Å². The molecule has 9 heteroatoms. The second kappa shape index (κ2) is 6.96. The van der Waals surface area contributed by atoms with Gasteiger partial charge in [-0.3, -0.25) is 10.1 Å². The molecular formula is C17H14N6O2S. The van der Waals surface area contributed by atoms with Gasteiger partial charge in [-0.25, -0.2) is 14.6 Å². The summed E-state index contributed by atoms with van der Waals surface area (Å²) >= 11 is 1.31. The van der Waals surface area contributed by atoms with E-state index in [1.807, 2.05) is 30.3 Å². The first-order chi connectivity index (χ1) is 12.7. The van der Waals surface area contributed by atoms with E-state index in [0.29, 0.717) is 22.3 Å². The fourth-order valence-electron chi connectivity index (χ4n) is 2.43. The first-order valence-electron chi connectivity index (χ1n) is 7.81. The van der Waals surface area contributed by atoms with Crippen molar-refractivity contribution in [3.63, 3.8) is 0 Å². The number of benzene rings is 1. The summed E-state index contributed by atoms with van der Waals surface area (Å²) in [4.78, 5) is 20.7. The zero-order chi connectivity index (χ0) is 17.9. The molecule has 1 aromatic carbocycles. The molecule has 3 heterocycles. The minimum atomic E-state index is -0.201. The molecule has 0 aliphatic rings. The molecule has 1 N–H and O–H groups in total. The monoisotopic (exact) mass is 366 g/mol. The molecule has 0 fully saturated rings. The van der Waals surface area contributed by atoms with E-state index >= 15 is 0 Å². The van der Waals surface area contributed by atoms with E-state index in [0.717, 1.165) is 11.1 Å². The Hall–Kier alpha value is -3.20. The summed E-state index contributed by atoms with van der Waals surface area (Å²) in [7, 11) is 0. The number of aryl methyl sites for hydroxylation is 1. The first kappa shape index (κ1) is 16.3. The lowest BCUT2D eigenvalue weighted by molar-refractivity contribution is -0.113. The number of fused-ring (bicyclic) bond motifs is 1. The van der Waals surface area contributed by atoms with Crippen LogP contribution in [-0.4, -0.2) is 36.6 Å². The lowest BCUT2D eigenvalue weighted by Crippen LogP contribution is -2.13. The van der Waals surface area contributed by atoms with Gasteiger partial charge in [-0.05, 0) is 19.1 Å². The van der Waals surface area contributed by atoms with Crippen LogP contribution < -0.4 is 5.32 Å². The van der Waals surface area contributed by atoms with Gasteiger partial charge in [-0.2, -0.15) is 5.10 Å². The predicted octanol–water partition coefficient (Wildman–Crippen LogP) is 2.84. The highest BCUT2D eigenvalue weighted by Crippen LogP contribution is 2.25. The Morgan fingerprint density at radius 2 is 2.12 bits per heavy atom. The minimum Gasteiger partial charge on any atom is -0.338 e. The van der Waals surface area contributed by atoms with Crippen LogP contribution in [0.15, 0.2) is 58.5 Å². The van der Waals surface area contributed by atoms with Crippen LogP contribution in [0.2, 0.25) is 0 Å². The highest BCUT2D eigenvalue weighted by Gasteiger charge is 2.13. The molecule has 130 valence electrons. The lowest BCUT2D eigenvalue weighted by atomic mass is 10.3. The maximum Gasteiger partial charge on any atom is 0.237 e. The number of carbonyl (C=O) groups excluding carboxylic acids is 1. The third kappa shape index (κ3) is 3.29. The van der Waals surface area contributed by atoms with Crippen molar-refractivity contribution in [1.82, 2.24) is 24.9 Å². The van der Waals surface area contributed by atoms with Gasteiger partial charge in [-0.15, -0.1) is 0 Å². The number of hydrogen-bond donors (Lipinski definition) is 1. The smallest absolute Gasteiger partial charge is 0.237 e. The summed E-state index contributed by atoms with van der Waals surface area (Å²) in [6.07, 6.45) is 3.19. The van der Waals surface area contributed by atoms with E-state index in [2.05, 4.69) is 25.5 Å². The van der Waals surface area contributed by atoms with Crippen LogP contribution >= 0.6 is 11.8 Å². The molecule has 1 amide bonds. The third-order valence-electron chi connectivity index (χ3n) is 3.56. The molecular weight excluding hydrogens is 352 g/mol. The van der Waals surface area contributed by atoms with Crippen LogP contribution in [0.25, 0.3) is 16.7 Å². The molecule has 0 atom stereocenters. The molecule has 0 saturated carbocycles. The van der Waals surface area contributed by atoms with Crippen molar-refractivity contribution >= 4 is 34.6 Å². The van der Waals surface area contributed by atoms with Crippen LogP contribution in [0.3, 0.4) is 0 Å². The zero-order valence-electron chi connectivity index (χ0n) is 13.8. The summed E-state index contributed by atoms with van der Waals surface area (Å²) in [5, 5.41) is 12.3. The van der Waals surface area contributed by atoms with E-state index < -0.39 is 0 Å². The Bertz CT molecular complexity index is 1060. The van der Waals surface area contributed by atoms with E-state index in [9.17, 15) is 4.79 Å². The second-order valence-corrected chi connectivity index (χ2v) is 6.44. The molecule has 0 radical (unpaired) electrons. The van der Waals surface area contributed by atoms with E-state index in [-0.39, 0.29) is 11.7 Å². The van der Waals surface area contributed by atoms with Crippen LogP contribution in [0, 0.1) is 6.92 Å². The molecule has 0 saturated heterocycles. The van der Waals surface area contributed by atoms with Crippen LogP contribution in [0.5, 0.6) is 0 Å². The fourth-order valence-corrected chi connectivity index (χ4v) is 3.19. The van der Waals surface area contributed by atoms with Crippen molar-refractivity contribution in [1.29, 1.82) is 0 Å². The average molecular weight is 366 g/mol. The molecule has 0 spiro atoms. The SMILES string of the molecule is Cc1cc(NC(=O)CSc2ncnc3c2cnn3-c2ccccc2)on1. The number of anilines is 1. The topological polar surface area (TPSA) is 98.7 Å². The Morgan fingerprint density at radius 3 is 2.88 bits per heavy atom. The van der Waals surface area contributed by atoms with Gasteiger partial charge in [0.25, 0.3) is 0 Å². The summed E-state index contributed by atoms with van der Waals surface area (Å²) in [5.74, 6) is 0.314. The minimum absolute atomic E-state index is 0.183. The number of carbonyl (C=O) groups is 1. The number of aromatic nitrogens is 5. The van der Waals surface area contributed by atoms with Crippen LogP contribution in [0.4, 0.5) is 5.88 Å². The number of hydrogen-bond acceptors (Lipinski definition) is 7. The van der Waals surface area contributed by atoms with Crippen molar-refractivity contribution in [2.75, 3.05) is 11.1 Å². The van der Waals surface area contributed by atoms with Gasteiger partial charge in [0, 0.05) is 6.07 Å². The van der Waals surface area contributed by atoms with Crippen LogP contribution in [0.1, 0.15) is 5.69 Å². The standard InChI is InChI=1S/C17H14N6O2S/c1-11-7-15(25-22-11)21-14(24)9-26-17-13-8-20-23(16(13)18-10-19-17)12-5-3-2-4-6-12/h2-8,10H,9H2,1H3,(H,21,24). The number of rotatable bonds is 5. The van der Waals surface area contributed by atoms with Gasteiger partial charge in [-0.1, -0.05) is 35.1 Å². The molecule has 0 unspecified atom stereocenters. The third-order valence-corrected chi connectivity index (χ3v) is 4.57. The van der Waals surface area contributed by atoms with Gasteiger partial charge in [0.05, 0.1) is 28.7 Å². The number of nitrogens with zero attached hydrogens (tertiary/aromatic N) is 5. The number of thioether (sulfide) groups is 1. The van der Waals surface area contributed by atoms with Crippen molar-refractivity contribution in [2.45, 2.75) is 11.9 Å². The normalized spacial score (nSPS) is 11.0. The molecule has 3 aromatic heterocycles. The Kier molecular flexibility index (Phi) is 4.36. The second-order valence-electron chi connectivity index (χ2n) is 5.48. The van der Waals surface area contributed by atoms with Gasteiger partial charge in [0.15, 0.2) is 5.65 Å². The Morgan fingerprint density at radius 1 is 1.27 bits per heavy atom. The first-order valence-corrected chi connectivity index (χ1v) is 8.79. The highest BCUT2D eigenvalue weighted by molar-refractivity contribution is 8.00. The van der Waals surface area contributed by atoms with E-state index in [1.54, 1.807) is 23.9 Å². The van der Waals surface area contributed by atoms with Crippen LogP contribution in [-0.2, 0) is 4.79 Å². The van der Waals surface area contributed by atoms with Crippen molar-refractivity contribution in [2.24, 2.45) is 0 Å². The summed E-state index contributed by atoms with van der Waals surface area (Å²) in [5.41, 5.74) is 2.31. The van der Waals surface area contributed by atoms with Gasteiger partial charge in [0.2, 0.25) is 11.8 Å². The van der Waals surface area contributed by atoms with Crippen molar-refractivity contribution in [3.05, 3.63) is 54.6 Å². The average Bonchev–Trinajstić information content (AvgIpc) is 3.27. The van der Waals surface area contributed by atoms with E-state index in [1.165, 1.54) is 18.1 Å². The van der Waals surface area contributed by atoms with Crippen molar-refractivity contribution in [3.8, 4) is 5.69 Å². The maximum absolute atomic E-state index is 12.1. The number of nitrogens with one attached hydrogen (secondary N) is 1. The highest BCUT2D eigenvalue weighted by atomic mass is 32.2. The molecule has 0 aliphatic carbocycles. The summed E-state index contributed by atoms with van der Waals surface area (Å²) < 4.78 is 6.73. The van der Waals surface area contributed by atoms with E-state index in [4.69, 9.17) is 4.52 Å². The summed E-state index contributed by atoms with van der Waals surface area (Å²) in [6, 6.07) is 11.4. The van der Waals surface area contributed by atoms with Gasteiger partial charge < -0.3 is 4.52 Å². The molecule has 4 rings (SSSR count). The Balaban J connectivity index is 1.52.